The highest BCUT2D eigenvalue weighted by molar-refractivity contribution is 7.80. The lowest BCUT2D eigenvalue weighted by atomic mass is 10.0. The molecule has 4 rings (SSSR count). The molecule has 25 heavy (non-hydrogen) atoms. The summed E-state index contributed by atoms with van der Waals surface area (Å²) in [5.74, 6) is 0.603. The molecule has 1 aromatic rings. The van der Waals surface area contributed by atoms with Crippen molar-refractivity contribution in [2.45, 2.75) is 31.0 Å². The predicted molar refractivity (Wildman–Crippen MR) is 78.2 cm³/mol. The van der Waals surface area contributed by atoms with Gasteiger partial charge in [0, 0.05) is 19.6 Å². The molecule has 1 aromatic heterocycles. The number of rotatable bonds is 4. The number of amides is 2. The van der Waals surface area contributed by atoms with Crippen LogP contribution in [-0.4, -0.2) is 71.4 Å². The van der Waals surface area contributed by atoms with E-state index in [1.807, 2.05) is 0 Å². The van der Waals surface area contributed by atoms with Crippen molar-refractivity contribution in [3.05, 3.63) is 11.8 Å². The van der Waals surface area contributed by atoms with Crippen LogP contribution in [-0.2, 0) is 19.4 Å². The van der Waals surface area contributed by atoms with Crippen LogP contribution >= 0.6 is 0 Å². The van der Waals surface area contributed by atoms with Gasteiger partial charge in [-0.25, -0.2) is 4.79 Å². The third-order valence-electron chi connectivity index (χ3n) is 4.44. The van der Waals surface area contributed by atoms with Gasteiger partial charge in [-0.1, -0.05) is 0 Å². The zero-order chi connectivity index (χ0) is 17.6. The molecule has 3 atom stereocenters. The SMILES string of the molecule is O=C1N2CC(CCC2c2nnc(C3CNCCO3)o2)N1OS(=O)(=O)O. The summed E-state index contributed by atoms with van der Waals surface area (Å²) in [5, 5.41) is 11.9. The number of urea groups is 1. The minimum atomic E-state index is -4.77. The van der Waals surface area contributed by atoms with E-state index < -0.39 is 28.5 Å². The maximum Gasteiger partial charge on any atom is 0.418 e. The maximum atomic E-state index is 12.4. The summed E-state index contributed by atoms with van der Waals surface area (Å²) in [7, 11) is -4.77. The third-order valence-corrected chi connectivity index (χ3v) is 4.79. The molecule has 0 saturated carbocycles. The van der Waals surface area contributed by atoms with Crippen molar-refractivity contribution in [2.75, 3.05) is 26.2 Å². The molecule has 3 fully saturated rings. The van der Waals surface area contributed by atoms with Gasteiger partial charge >= 0.3 is 16.4 Å². The van der Waals surface area contributed by atoms with Crippen LogP contribution in [0.2, 0.25) is 0 Å². The van der Waals surface area contributed by atoms with Gasteiger partial charge in [0.05, 0.1) is 12.6 Å². The Morgan fingerprint density at radius 1 is 1.28 bits per heavy atom. The van der Waals surface area contributed by atoms with Crippen molar-refractivity contribution < 1.29 is 31.2 Å². The van der Waals surface area contributed by atoms with Crippen LogP contribution in [0.25, 0.3) is 0 Å². The van der Waals surface area contributed by atoms with E-state index in [1.54, 1.807) is 0 Å². The van der Waals surface area contributed by atoms with E-state index in [2.05, 4.69) is 19.8 Å². The van der Waals surface area contributed by atoms with E-state index >= 15 is 0 Å². The van der Waals surface area contributed by atoms with Crippen LogP contribution < -0.4 is 5.32 Å². The fourth-order valence-corrected chi connectivity index (χ4v) is 3.71. The Hall–Kier alpha value is -1.80. The van der Waals surface area contributed by atoms with E-state index in [0.29, 0.717) is 36.9 Å². The lowest BCUT2D eigenvalue weighted by Crippen LogP contribution is -2.35. The Labute approximate surface area is 143 Å². The lowest BCUT2D eigenvalue weighted by molar-refractivity contribution is -0.0317. The third kappa shape index (κ3) is 3.20. The first kappa shape index (κ1) is 16.7. The molecule has 3 unspecified atom stereocenters. The standard InChI is InChI=1S/C12H17N5O7S/c18-12-16-6-7(17(12)24-25(19,20)21)1-2-8(16)10-14-15-11(23-10)9-5-13-3-4-22-9/h7-9,13H,1-6H2,(H,19,20,21). The van der Waals surface area contributed by atoms with Gasteiger partial charge in [-0.3, -0.25) is 4.55 Å². The molecule has 3 saturated heterocycles. The van der Waals surface area contributed by atoms with Gasteiger partial charge in [-0.15, -0.1) is 14.5 Å². The summed E-state index contributed by atoms with van der Waals surface area (Å²) < 4.78 is 46.3. The van der Waals surface area contributed by atoms with Crippen molar-refractivity contribution in [3.63, 3.8) is 0 Å². The number of carbonyl (C=O) groups is 1. The number of piperidine rings is 1. The maximum absolute atomic E-state index is 12.4. The topological polar surface area (TPSA) is 147 Å². The molecule has 3 aliphatic rings. The minimum Gasteiger partial charge on any atom is -0.420 e. The fraction of sp³-hybridized carbons (Fsp3) is 0.750. The number of hydroxylamine groups is 2. The number of nitrogens with zero attached hydrogens (tertiary/aromatic N) is 4. The van der Waals surface area contributed by atoms with Crippen molar-refractivity contribution in [2.24, 2.45) is 0 Å². The monoisotopic (exact) mass is 375 g/mol. The molecule has 138 valence electrons. The van der Waals surface area contributed by atoms with Gasteiger partial charge in [-0.2, -0.15) is 13.5 Å². The van der Waals surface area contributed by atoms with Gasteiger partial charge in [0.25, 0.3) is 0 Å². The summed E-state index contributed by atoms with van der Waals surface area (Å²) >= 11 is 0. The van der Waals surface area contributed by atoms with Crippen molar-refractivity contribution in [1.82, 2.24) is 25.5 Å². The molecule has 12 nitrogen and oxygen atoms in total. The molecule has 0 aliphatic carbocycles. The molecule has 0 spiro atoms. The van der Waals surface area contributed by atoms with Crippen LogP contribution in [0.15, 0.2) is 4.42 Å². The second kappa shape index (κ2) is 6.17. The average Bonchev–Trinajstić information content (AvgIpc) is 3.16. The first-order chi connectivity index (χ1) is 11.9. The number of hydrogen-bond donors (Lipinski definition) is 2. The molecule has 0 radical (unpaired) electrons. The molecule has 0 aromatic carbocycles. The van der Waals surface area contributed by atoms with E-state index in [4.69, 9.17) is 13.7 Å². The summed E-state index contributed by atoms with van der Waals surface area (Å²) in [6, 6.07) is -1.60. The van der Waals surface area contributed by atoms with E-state index in [0.717, 1.165) is 6.54 Å². The number of ether oxygens (including phenoxy) is 1. The quantitative estimate of drug-likeness (QED) is 0.654. The van der Waals surface area contributed by atoms with Crippen LogP contribution in [0.5, 0.6) is 0 Å². The number of aromatic nitrogens is 2. The van der Waals surface area contributed by atoms with Crippen LogP contribution in [0.1, 0.15) is 36.8 Å². The summed E-state index contributed by atoms with van der Waals surface area (Å²) in [6.45, 7) is 2.11. The van der Waals surface area contributed by atoms with Crippen molar-refractivity contribution >= 4 is 16.4 Å². The van der Waals surface area contributed by atoms with Crippen LogP contribution in [0.4, 0.5) is 4.79 Å². The second-order valence-electron chi connectivity index (χ2n) is 6.05. The minimum absolute atomic E-state index is 0.248. The van der Waals surface area contributed by atoms with Crippen LogP contribution in [0.3, 0.4) is 0 Å². The summed E-state index contributed by atoms with van der Waals surface area (Å²) in [5.41, 5.74) is 0. The molecule has 2 amide bonds. The van der Waals surface area contributed by atoms with E-state index in [1.165, 1.54) is 4.90 Å². The molecule has 13 heteroatoms. The smallest absolute Gasteiger partial charge is 0.418 e. The summed E-state index contributed by atoms with van der Waals surface area (Å²) in [6.07, 6.45) is 0.648. The number of hydrogen-bond acceptors (Lipinski definition) is 9. The molecule has 4 heterocycles. The molecular formula is C12H17N5O7S. The zero-order valence-corrected chi connectivity index (χ0v) is 13.9. The number of morpholine rings is 1. The molecule has 3 aliphatic heterocycles. The highest BCUT2D eigenvalue weighted by atomic mass is 32.3. The Morgan fingerprint density at radius 2 is 2.08 bits per heavy atom. The average molecular weight is 375 g/mol. The predicted octanol–water partition coefficient (Wildman–Crippen LogP) is -0.594. The Balaban J connectivity index is 1.51. The van der Waals surface area contributed by atoms with E-state index in [-0.39, 0.29) is 18.5 Å². The number of carbonyl (C=O) groups excluding carboxylic acids is 1. The van der Waals surface area contributed by atoms with Crippen LogP contribution in [0, 0.1) is 0 Å². The Kier molecular flexibility index (Phi) is 4.11. The zero-order valence-electron chi connectivity index (χ0n) is 13.1. The molecule has 2 bridgehead atoms. The lowest BCUT2D eigenvalue weighted by Gasteiger charge is -2.27. The van der Waals surface area contributed by atoms with Gasteiger partial charge in [0.15, 0.2) is 0 Å². The highest BCUT2D eigenvalue weighted by Gasteiger charge is 2.49. The number of nitrogens with one attached hydrogen (secondary N) is 1. The highest BCUT2D eigenvalue weighted by Crippen LogP contribution is 2.38. The largest absolute Gasteiger partial charge is 0.420 e. The van der Waals surface area contributed by atoms with Gasteiger partial charge in [-0.05, 0) is 12.8 Å². The Bertz CT molecular complexity index is 762. The molecule has 2 N–H and O–H groups in total. The molecular weight excluding hydrogens is 358 g/mol. The second-order valence-corrected chi connectivity index (χ2v) is 7.06. The van der Waals surface area contributed by atoms with E-state index in [9.17, 15) is 13.2 Å². The van der Waals surface area contributed by atoms with Gasteiger partial charge in [0.1, 0.15) is 12.1 Å². The normalized spacial score (nSPS) is 30.1. The Morgan fingerprint density at radius 3 is 2.80 bits per heavy atom. The summed E-state index contributed by atoms with van der Waals surface area (Å²) in [4.78, 5) is 13.8. The number of fused-ring (bicyclic) bond motifs is 2. The van der Waals surface area contributed by atoms with Gasteiger partial charge < -0.3 is 19.4 Å². The van der Waals surface area contributed by atoms with Crippen molar-refractivity contribution in [3.8, 4) is 0 Å². The van der Waals surface area contributed by atoms with Gasteiger partial charge in [0.2, 0.25) is 11.8 Å². The fourth-order valence-electron chi connectivity index (χ4n) is 3.32. The van der Waals surface area contributed by atoms with Crippen molar-refractivity contribution in [1.29, 1.82) is 0 Å². The first-order valence-electron chi connectivity index (χ1n) is 7.85. The first-order valence-corrected chi connectivity index (χ1v) is 9.21.